The van der Waals surface area contributed by atoms with Crippen molar-refractivity contribution in [3.8, 4) is 0 Å². The van der Waals surface area contributed by atoms with Crippen LogP contribution in [0.5, 0.6) is 0 Å². The molecule has 0 spiro atoms. The third-order valence-electron chi connectivity index (χ3n) is 1.72. The molecule has 0 aliphatic carbocycles. The van der Waals surface area contributed by atoms with Gasteiger partial charge in [0.25, 0.3) is 0 Å². The lowest BCUT2D eigenvalue weighted by atomic mass is 10.2. The van der Waals surface area contributed by atoms with Crippen molar-refractivity contribution in [2.24, 2.45) is 5.73 Å². The summed E-state index contributed by atoms with van der Waals surface area (Å²) >= 11 is 0. The van der Waals surface area contributed by atoms with Crippen LogP contribution in [0.15, 0.2) is 0 Å². The van der Waals surface area contributed by atoms with E-state index in [1.54, 1.807) is 6.92 Å². The van der Waals surface area contributed by atoms with E-state index in [2.05, 4.69) is 20.4 Å². The van der Waals surface area contributed by atoms with Crippen molar-refractivity contribution in [1.82, 2.24) is 20.4 Å². The van der Waals surface area contributed by atoms with E-state index in [4.69, 9.17) is 5.73 Å². The van der Waals surface area contributed by atoms with Crippen LogP contribution in [-0.4, -0.2) is 26.9 Å². The Morgan fingerprint density at radius 2 is 1.64 bits per heavy atom. The van der Waals surface area contributed by atoms with Gasteiger partial charge in [-0.2, -0.15) is 0 Å². The topological polar surface area (TPSA) is 77.6 Å². The average molecular weight is 218 g/mol. The highest BCUT2D eigenvalue weighted by atomic mass is 35.5. The molecule has 0 radical (unpaired) electrons. The molecule has 14 heavy (non-hydrogen) atoms. The predicted molar refractivity (Wildman–Crippen MR) is 56.2 cm³/mol. The first kappa shape index (κ1) is 13.2. The number of hydrogen-bond acceptors (Lipinski definition) is 5. The summed E-state index contributed by atoms with van der Waals surface area (Å²) in [7, 11) is 0. The van der Waals surface area contributed by atoms with E-state index in [1.165, 1.54) is 0 Å². The Kier molecular flexibility index (Phi) is 7.14. The fraction of sp³-hybridized carbons (Fsp3) is 0.750. The van der Waals surface area contributed by atoms with Crippen LogP contribution in [0.2, 0.25) is 0 Å². The molecule has 0 unspecified atom stereocenters. The van der Waals surface area contributed by atoms with Gasteiger partial charge < -0.3 is 5.73 Å². The molecule has 0 saturated heterocycles. The van der Waals surface area contributed by atoms with Gasteiger partial charge in [0, 0.05) is 6.42 Å². The van der Waals surface area contributed by atoms with Crippen molar-refractivity contribution >= 4 is 12.4 Å². The maximum absolute atomic E-state index is 5.37. The molecule has 6 heteroatoms. The van der Waals surface area contributed by atoms with Crippen molar-refractivity contribution in [3.05, 3.63) is 11.6 Å². The number of nitrogens with zero attached hydrogens (tertiary/aromatic N) is 4. The van der Waals surface area contributed by atoms with E-state index in [0.29, 0.717) is 5.82 Å². The van der Waals surface area contributed by atoms with Crippen molar-refractivity contribution < 1.29 is 0 Å². The summed E-state index contributed by atoms with van der Waals surface area (Å²) in [6, 6.07) is 0. The third kappa shape index (κ3) is 5.04. The minimum Gasteiger partial charge on any atom is -0.330 e. The maximum atomic E-state index is 5.37. The van der Waals surface area contributed by atoms with E-state index in [-0.39, 0.29) is 12.4 Å². The minimum atomic E-state index is 0. The Labute approximate surface area is 89.9 Å². The van der Waals surface area contributed by atoms with Gasteiger partial charge in [0.05, 0.1) is 0 Å². The van der Waals surface area contributed by atoms with Gasteiger partial charge in [-0.3, -0.25) is 0 Å². The lowest BCUT2D eigenvalue weighted by molar-refractivity contribution is 0.640. The molecule has 0 aromatic carbocycles. The fourth-order valence-corrected chi connectivity index (χ4v) is 1.00. The van der Waals surface area contributed by atoms with Gasteiger partial charge in [-0.05, 0) is 26.3 Å². The van der Waals surface area contributed by atoms with Crippen LogP contribution in [0.3, 0.4) is 0 Å². The lowest BCUT2D eigenvalue weighted by Crippen LogP contribution is -2.03. The van der Waals surface area contributed by atoms with Crippen LogP contribution in [-0.2, 0) is 6.42 Å². The molecule has 0 saturated carbocycles. The molecule has 0 aliphatic heterocycles. The zero-order valence-corrected chi connectivity index (χ0v) is 9.13. The standard InChI is InChI=1S/C8H15N5.ClH/c1-7-10-12-8(13-11-7)5-3-2-4-6-9;/h2-6,9H2,1H3;1H. The highest BCUT2D eigenvalue weighted by Crippen LogP contribution is 1.99. The third-order valence-corrected chi connectivity index (χ3v) is 1.72. The molecular weight excluding hydrogens is 202 g/mol. The zero-order chi connectivity index (χ0) is 9.52. The number of rotatable bonds is 5. The van der Waals surface area contributed by atoms with Crippen LogP contribution < -0.4 is 5.73 Å². The van der Waals surface area contributed by atoms with Crippen molar-refractivity contribution in [2.75, 3.05) is 6.54 Å². The Morgan fingerprint density at radius 1 is 1.00 bits per heavy atom. The van der Waals surface area contributed by atoms with Crippen LogP contribution in [0.1, 0.15) is 30.9 Å². The Hall–Kier alpha value is -0.810. The summed E-state index contributed by atoms with van der Waals surface area (Å²) in [5.41, 5.74) is 5.37. The van der Waals surface area contributed by atoms with E-state index in [9.17, 15) is 0 Å². The highest BCUT2D eigenvalue weighted by Gasteiger charge is 1.97. The van der Waals surface area contributed by atoms with Crippen LogP contribution >= 0.6 is 12.4 Å². The molecule has 80 valence electrons. The van der Waals surface area contributed by atoms with E-state index in [0.717, 1.165) is 38.1 Å². The summed E-state index contributed by atoms with van der Waals surface area (Å²) in [5.74, 6) is 1.34. The van der Waals surface area contributed by atoms with E-state index in [1.807, 2.05) is 0 Å². The summed E-state index contributed by atoms with van der Waals surface area (Å²) in [5, 5.41) is 15.5. The van der Waals surface area contributed by atoms with Crippen molar-refractivity contribution in [3.63, 3.8) is 0 Å². The molecule has 1 aromatic rings. The SMILES string of the molecule is Cc1nnc(CCCCCN)nn1.Cl. The molecule has 1 aromatic heterocycles. The minimum absolute atomic E-state index is 0. The number of halogens is 1. The molecule has 1 heterocycles. The molecule has 2 N–H and O–H groups in total. The van der Waals surface area contributed by atoms with Gasteiger partial charge in [0.2, 0.25) is 0 Å². The first-order valence-corrected chi connectivity index (χ1v) is 4.56. The zero-order valence-electron chi connectivity index (χ0n) is 8.31. The second-order valence-electron chi connectivity index (χ2n) is 2.96. The number of aryl methyl sites for hydroxylation is 2. The first-order chi connectivity index (χ1) is 6.33. The molecule has 0 bridgehead atoms. The second kappa shape index (κ2) is 7.58. The van der Waals surface area contributed by atoms with Crippen LogP contribution in [0.25, 0.3) is 0 Å². The summed E-state index contributed by atoms with van der Waals surface area (Å²) < 4.78 is 0. The Balaban J connectivity index is 0.00000169. The largest absolute Gasteiger partial charge is 0.330 e. The fourth-order valence-electron chi connectivity index (χ4n) is 1.00. The summed E-state index contributed by atoms with van der Waals surface area (Å²) in [4.78, 5) is 0. The average Bonchev–Trinajstić information content (AvgIpc) is 2.15. The number of nitrogens with two attached hydrogens (primary N) is 1. The highest BCUT2D eigenvalue weighted by molar-refractivity contribution is 5.85. The van der Waals surface area contributed by atoms with Gasteiger partial charge in [-0.15, -0.1) is 32.8 Å². The Morgan fingerprint density at radius 3 is 2.21 bits per heavy atom. The van der Waals surface area contributed by atoms with Crippen LogP contribution in [0, 0.1) is 6.92 Å². The van der Waals surface area contributed by atoms with E-state index < -0.39 is 0 Å². The van der Waals surface area contributed by atoms with Gasteiger partial charge >= 0.3 is 0 Å². The predicted octanol–water partition coefficient (Wildman–Crippen LogP) is 0.668. The van der Waals surface area contributed by atoms with Gasteiger partial charge in [-0.25, -0.2) is 0 Å². The van der Waals surface area contributed by atoms with Crippen molar-refractivity contribution in [2.45, 2.75) is 32.6 Å². The number of aromatic nitrogens is 4. The molecule has 0 fully saturated rings. The molecule has 0 atom stereocenters. The second-order valence-corrected chi connectivity index (χ2v) is 2.96. The normalized spacial score (nSPS) is 9.57. The molecule has 1 rings (SSSR count). The Bertz CT molecular complexity index is 238. The quantitative estimate of drug-likeness (QED) is 0.734. The molecular formula is C8H16ClN5. The smallest absolute Gasteiger partial charge is 0.173 e. The monoisotopic (exact) mass is 217 g/mol. The van der Waals surface area contributed by atoms with Crippen molar-refractivity contribution in [1.29, 1.82) is 0 Å². The van der Waals surface area contributed by atoms with Gasteiger partial charge in [0.15, 0.2) is 11.6 Å². The number of hydrogen-bond donors (Lipinski definition) is 1. The number of unbranched alkanes of at least 4 members (excludes halogenated alkanes) is 2. The molecule has 0 aliphatic rings. The van der Waals surface area contributed by atoms with Gasteiger partial charge in [0.1, 0.15) is 0 Å². The summed E-state index contributed by atoms with van der Waals surface area (Å²) in [6.45, 7) is 2.53. The molecule has 0 amide bonds. The maximum Gasteiger partial charge on any atom is 0.173 e. The van der Waals surface area contributed by atoms with Gasteiger partial charge in [-0.1, -0.05) is 6.42 Å². The summed E-state index contributed by atoms with van der Waals surface area (Å²) in [6.07, 6.45) is 4.09. The molecule has 5 nitrogen and oxygen atoms in total. The first-order valence-electron chi connectivity index (χ1n) is 4.56. The lowest BCUT2D eigenvalue weighted by Gasteiger charge is -1.97. The van der Waals surface area contributed by atoms with Crippen LogP contribution in [0.4, 0.5) is 0 Å². The van der Waals surface area contributed by atoms with E-state index >= 15 is 0 Å².